The number of likely N-dealkylation sites (tertiary alicyclic amines) is 1. The topological polar surface area (TPSA) is 64.6 Å². The highest BCUT2D eigenvalue weighted by molar-refractivity contribution is 7.90. The van der Waals surface area contributed by atoms with Crippen molar-refractivity contribution in [1.29, 1.82) is 0 Å². The lowest BCUT2D eigenvalue weighted by molar-refractivity contribution is 0.00984. The van der Waals surface area contributed by atoms with E-state index in [1.807, 2.05) is 41.5 Å². The molecule has 1 heterocycles. The zero-order valence-corrected chi connectivity index (χ0v) is 16.8. The van der Waals surface area contributed by atoms with E-state index in [1.165, 1.54) is 0 Å². The minimum Gasteiger partial charge on any atom is -0.598 e. The summed E-state index contributed by atoms with van der Waals surface area (Å²) in [6.45, 7) is 17.2. The van der Waals surface area contributed by atoms with Crippen LogP contribution in [0.3, 0.4) is 0 Å². The van der Waals surface area contributed by atoms with Crippen molar-refractivity contribution in [2.75, 3.05) is 13.1 Å². The standard InChI is InChI=1S/C17H34N2O3S/c1-12-11-19(15(20)22-16(3,4)5)10-9-14(12)13(2)18-23(21)17(6,7)8/h12-14,18H,9-11H2,1-8H3/t12-,13+,14+,23+/m1/s1. The Kier molecular flexibility index (Phi) is 6.82. The van der Waals surface area contributed by atoms with Gasteiger partial charge in [0.15, 0.2) is 0 Å². The smallest absolute Gasteiger partial charge is 0.410 e. The Morgan fingerprint density at radius 1 is 1.30 bits per heavy atom. The summed E-state index contributed by atoms with van der Waals surface area (Å²) in [5, 5.41) is 0. The second-order valence-electron chi connectivity index (χ2n) is 8.64. The molecular formula is C17H34N2O3S. The quantitative estimate of drug-likeness (QED) is 0.796. The molecule has 23 heavy (non-hydrogen) atoms. The zero-order chi connectivity index (χ0) is 18.0. The van der Waals surface area contributed by atoms with Crippen LogP contribution in [0.5, 0.6) is 0 Å². The van der Waals surface area contributed by atoms with Crippen LogP contribution in [0, 0.1) is 11.8 Å². The van der Waals surface area contributed by atoms with E-state index < -0.39 is 17.0 Å². The maximum absolute atomic E-state index is 12.3. The minimum absolute atomic E-state index is 0.158. The number of amides is 1. The first-order valence-electron chi connectivity index (χ1n) is 8.47. The SMILES string of the molecule is C[C@@H]1CN(C(=O)OC(C)(C)C)CC[C@@H]1[C@H](C)N[S@@+]([O-])C(C)(C)C. The second kappa shape index (κ2) is 7.62. The molecular weight excluding hydrogens is 312 g/mol. The van der Waals surface area contributed by atoms with Crippen molar-refractivity contribution in [1.82, 2.24) is 9.62 Å². The lowest BCUT2D eigenvalue weighted by Gasteiger charge is -2.40. The Morgan fingerprint density at radius 2 is 1.87 bits per heavy atom. The van der Waals surface area contributed by atoms with Crippen molar-refractivity contribution in [3.05, 3.63) is 0 Å². The summed E-state index contributed by atoms with van der Waals surface area (Å²) in [6, 6.07) is 0.158. The Balaban J connectivity index is 2.57. The summed E-state index contributed by atoms with van der Waals surface area (Å²) >= 11 is -1.07. The number of carbonyl (C=O) groups is 1. The number of ether oxygens (including phenoxy) is 1. The van der Waals surface area contributed by atoms with Gasteiger partial charge in [-0.15, -0.1) is 4.72 Å². The van der Waals surface area contributed by atoms with E-state index in [1.54, 1.807) is 4.90 Å². The highest BCUT2D eigenvalue weighted by atomic mass is 32.2. The number of rotatable bonds is 3. The van der Waals surface area contributed by atoms with Crippen LogP contribution in [-0.2, 0) is 16.1 Å². The van der Waals surface area contributed by atoms with Gasteiger partial charge in [0.25, 0.3) is 0 Å². The number of nitrogens with zero attached hydrogens (tertiary/aromatic N) is 1. The molecule has 1 saturated heterocycles. The van der Waals surface area contributed by atoms with Crippen molar-refractivity contribution in [3.63, 3.8) is 0 Å². The molecule has 0 unspecified atom stereocenters. The number of hydrogen-bond donors (Lipinski definition) is 1. The van der Waals surface area contributed by atoms with Gasteiger partial charge >= 0.3 is 6.09 Å². The first-order valence-corrected chi connectivity index (χ1v) is 9.62. The van der Waals surface area contributed by atoms with Crippen LogP contribution in [0.4, 0.5) is 4.79 Å². The van der Waals surface area contributed by atoms with Gasteiger partial charge in [0.2, 0.25) is 0 Å². The van der Waals surface area contributed by atoms with Gasteiger partial charge < -0.3 is 14.2 Å². The Bertz CT molecular complexity index is 404. The number of carbonyl (C=O) groups excluding carboxylic acids is 1. The average molecular weight is 347 g/mol. The number of piperidine rings is 1. The molecule has 136 valence electrons. The predicted molar refractivity (Wildman–Crippen MR) is 95.6 cm³/mol. The van der Waals surface area contributed by atoms with Crippen LogP contribution in [0.2, 0.25) is 0 Å². The Hall–Kier alpha value is -0.460. The molecule has 1 aliphatic rings. The third-order valence-electron chi connectivity index (χ3n) is 4.11. The fourth-order valence-electron chi connectivity index (χ4n) is 2.83. The van der Waals surface area contributed by atoms with Crippen molar-refractivity contribution in [2.24, 2.45) is 11.8 Å². The first-order chi connectivity index (χ1) is 10.3. The predicted octanol–water partition coefficient (Wildman–Crippen LogP) is 3.32. The van der Waals surface area contributed by atoms with Gasteiger partial charge in [-0.25, -0.2) is 4.79 Å². The van der Waals surface area contributed by atoms with Crippen LogP contribution in [0.15, 0.2) is 0 Å². The molecule has 1 fully saturated rings. The monoisotopic (exact) mass is 346 g/mol. The third kappa shape index (κ3) is 6.51. The van der Waals surface area contributed by atoms with Gasteiger partial charge in [0.05, 0.1) is 6.04 Å². The Labute approximate surface area is 144 Å². The average Bonchev–Trinajstić information content (AvgIpc) is 2.34. The number of hydrogen-bond acceptors (Lipinski definition) is 4. The molecule has 4 atom stereocenters. The molecule has 6 heteroatoms. The molecule has 1 rings (SSSR count). The summed E-state index contributed by atoms with van der Waals surface area (Å²) in [7, 11) is 0. The molecule has 0 radical (unpaired) electrons. The molecule has 0 aromatic carbocycles. The zero-order valence-electron chi connectivity index (χ0n) is 15.9. The van der Waals surface area contributed by atoms with Gasteiger partial charge in [-0.1, -0.05) is 6.92 Å². The molecule has 0 aromatic heterocycles. The van der Waals surface area contributed by atoms with E-state index in [4.69, 9.17) is 4.74 Å². The molecule has 0 aliphatic carbocycles. The summed E-state index contributed by atoms with van der Waals surface area (Å²) in [6.07, 6.45) is 0.664. The second-order valence-corrected chi connectivity index (χ2v) is 10.6. The molecule has 5 nitrogen and oxygen atoms in total. The highest BCUT2D eigenvalue weighted by Gasteiger charge is 2.37. The minimum atomic E-state index is -1.07. The fraction of sp³-hybridized carbons (Fsp3) is 0.941. The van der Waals surface area contributed by atoms with Crippen LogP contribution in [0.1, 0.15) is 61.8 Å². The molecule has 0 bridgehead atoms. The molecule has 1 N–H and O–H groups in total. The maximum Gasteiger partial charge on any atom is 0.410 e. The van der Waals surface area contributed by atoms with E-state index in [0.717, 1.165) is 6.42 Å². The van der Waals surface area contributed by atoms with E-state index >= 15 is 0 Å². The normalized spacial score (nSPS) is 25.9. The van der Waals surface area contributed by atoms with Crippen LogP contribution >= 0.6 is 0 Å². The lowest BCUT2D eigenvalue weighted by atomic mass is 9.82. The van der Waals surface area contributed by atoms with Crippen molar-refractivity contribution in [2.45, 2.75) is 78.2 Å². The lowest BCUT2D eigenvalue weighted by Crippen LogP contribution is -2.52. The summed E-state index contributed by atoms with van der Waals surface area (Å²) < 4.78 is 20.7. The van der Waals surface area contributed by atoms with Crippen LogP contribution < -0.4 is 4.72 Å². The summed E-state index contributed by atoms with van der Waals surface area (Å²) in [4.78, 5) is 14.0. The first kappa shape index (κ1) is 20.6. The van der Waals surface area contributed by atoms with Gasteiger partial charge in [-0.2, -0.15) is 0 Å². The molecule has 0 aromatic rings. The van der Waals surface area contributed by atoms with Crippen LogP contribution in [0.25, 0.3) is 0 Å². The molecule has 1 amide bonds. The van der Waals surface area contributed by atoms with Gasteiger partial charge in [-0.3, -0.25) is 0 Å². The Morgan fingerprint density at radius 3 is 2.30 bits per heavy atom. The molecule has 0 spiro atoms. The third-order valence-corrected chi connectivity index (χ3v) is 5.81. The van der Waals surface area contributed by atoms with Gasteiger partial charge in [0.1, 0.15) is 10.3 Å². The van der Waals surface area contributed by atoms with E-state index in [-0.39, 0.29) is 16.9 Å². The number of nitrogens with one attached hydrogen (secondary N) is 1. The van der Waals surface area contributed by atoms with Gasteiger partial charge in [0, 0.05) is 24.5 Å². The fourth-order valence-corrected chi connectivity index (χ4v) is 3.70. The largest absolute Gasteiger partial charge is 0.598 e. The molecule has 0 saturated carbocycles. The summed E-state index contributed by atoms with van der Waals surface area (Å²) in [5.41, 5.74) is -0.463. The van der Waals surface area contributed by atoms with Crippen molar-refractivity contribution < 1.29 is 14.1 Å². The summed E-state index contributed by atoms with van der Waals surface area (Å²) in [5.74, 6) is 0.746. The molecule has 1 aliphatic heterocycles. The van der Waals surface area contributed by atoms with Gasteiger partial charge in [-0.05, 0) is 66.7 Å². The maximum atomic E-state index is 12.3. The van der Waals surface area contributed by atoms with Crippen molar-refractivity contribution in [3.8, 4) is 0 Å². The van der Waals surface area contributed by atoms with E-state index in [9.17, 15) is 9.35 Å². The van der Waals surface area contributed by atoms with Crippen LogP contribution in [-0.4, -0.2) is 45.0 Å². The highest BCUT2D eigenvalue weighted by Crippen LogP contribution is 2.28. The van der Waals surface area contributed by atoms with Crippen molar-refractivity contribution >= 4 is 17.5 Å². The van der Waals surface area contributed by atoms with E-state index in [0.29, 0.717) is 24.9 Å². The van der Waals surface area contributed by atoms with E-state index in [2.05, 4.69) is 18.6 Å².